The molecule has 0 bridgehead atoms. The van der Waals surface area contributed by atoms with Crippen molar-refractivity contribution >= 4 is 21.6 Å². The van der Waals surface area contributed by atoms with Crippen LogP contribution in [0.5, 0.6) is 0 Å². The summed E-state index contributed by atoms with van der Waals surface area (Å²) in [5, 5.41) is 1.04. The number of aromatic nitrogens is 2. The van der Waals surface area contributed by atoms with E-state index in [1.165, 1.54) is 5.56 Å². The number of hydrogen-bond acceptors (Lipinski definition) is 3. The number of aryl methyl sites for hydroxylation is 2. The van der Waals surface area contributed by atoms with Crippen LogP contribution in [0.1, 0.15) is 11.3 Å². The first-order valence-corrected chi connectivity index (χ1v) is 10.5. The maximum atomic E-state index is 5.13. The number of hydrogen-bond donors (Lipinski definition) is 0. The van der Waals surface area contributed by atoms with Gasteiger partial charge in [-0.1, -0.05) is 84.4 Å². The third-order valence-electron chi connectivity index (χ3n) is 5.08. The summed E-state index contributed by atoms with van der Waals surface area (Å²) in [6, 6.07) is 29.4. The quantitative estimate of drug-likeness (QED) is 0.322. The Morgan fingerprint density at radius 1 is 0.655 bits per heavy atom. The summed E-state index contributed by atoms with van der Waals surface area (Å²) in [7, 11) is 0. The molecule has 0 saturated carbocycles. The summed E-state index contributed by atoms with van der Waals surface area (Å²) in [6.45, 7) is 4.20. The van der Waals surface area contributed by atoms with Gasteiger partial charge in [-0.2, -0.15) is 0 Å². The second kappa shape index (κ2) is 7.26. The Kier molecular flexibility index (Phi) is 4.45. The Balaban J connectivity index is 1.84. The highest BCUT2D eigenvalue weighted by Gasteiger charge is 2.19. The fourth-order valence-corrected chi connectivity index (χ4v) is 4.72. The summed E-state index contributed by atoms with van der Waals surface area (Å²) < 4.78 is 1.15. The van der Waals surface area contributed by atoms with E-state index in [0.29, 0.717) is 0 Å². The molecule has 0 aliphatic rings. The SMILES string of the molecule is Cc1cccc(-c2nc3c(-c4ccccc4)c(-c4ccccc4)nc(C)c3s2)c1. The minimum atomic E-state index is 0.989. The van der Waals surface area contributed by atoms with Crippen molar-refractivity contribution in [2.45, 2.75) is 13.8 Å². The topological polar surface area (TPSA) is 25.8 Å². The van der Waals surface area contributed by atoms with Gasteiger partial charge >= 0.3 is 0 Å². The van der Waals surface area contributed by atoms with Crippen LogP contribution in [-0.4, -0.2) is 9.97 Å². The van der Waals surface area contributed by atoms with Gasteiger partial charge in [-0.25, -0.2) is 4.98 Å². The third kappa shape index (κ3) is 3.24. The molecule has 3 aromatic carbocycles. The van der Waals surface area contributed by atoms with Crippen molar-refractivity contribution in [3.8, 4) is 33.0 Å². The molecule has 0 unspecified atom stereocenters. The van der Waals surface area contributed by atoms with Gasteiger partial charge in [0.2, 0.25) is 0 Å². The molecule has 0 fully saturated rings. The first-order valence-electron chi connectivity index (χ1n) is 9.70. The molecule has 3 heteroatoms. The minimum absolute atomic E-state index is 0.989. The van der Waals surface area contributed by atoms with E-state index in [9.17, 15) is 0 Å². The van der Waals surface area contributed by atoms with Crippen molar-refractivity contribution < 1.29 is 0 Å². The van der Waals surface area contributed by atoms with Crippen molar-refractivity contribution in [2.75, 3.05) is 0 Å². The Hall–Kier alpha value is -3.30. The summed E-state index contributed by atoms with van der Waals surface area (Å²) in [6.07, 6.45) is 0. The molecule has 0 aliphatic heterocycles. The van der Waals surface area contributed by atoms with Crippen LogP contribution in [0.25, 0.3) is 43.2 Å². The van der Waals surface area contributed by atoms with Gasteiger partial charge in [-0.15, -0.1) is 11.3 Å². The molecule has 140 valence electrons. The van der Waals surface area contributed by atoms with Crippen LogP contribution in [-0.2, 0) is 0 Å². The Bertz CT molecular complexity index is 1310. The van der Waals surface area contributed by atoms with E-state index in [1.54, 1.807) is 11.3 Å². The monoisotopic (exact) mass is 392 g/mol. The Morgan fingerprint density at radius 2 is 1.31 bits per heavy atom. The molecule has 5 aromatic rings. The fraction of sp³-hybridized carbons (Fsp3) is 0.0769. The predicted octanol–water partition coefficient (Wildman–Crippen LogP) is 7.31. The lowest BCUT2D eigenvalue weighted by Gasteiger charge is -2.12. The normalized spacial score (nSPS) is 11.1. The van der Waals surface area contributed by atoms with E-state index < -0.39 is 0 Å². The number of pyridine rings is 1. The standard InChI is InChI=1S/C26H20N2S/c1-17-10-9-15-21(16-17)26-28-24-22(19-11-5-3-6-12-19)23(20-13-7-4-8-14-20)27-18(2)25(24)29-26/h3-16H,1-2H3. The number of nitrogens with zero attached hydrogens (tertiary/aromatic N) is 2. The van der Waals surface area contributed by atoms with Gasteiger partial charge in [0, 0.05) is 16.7 Å². The first-order chi connectivity index (χ1) is 14.2. The first kappa shape index (κ1) is 17.8. The number of thiazole rings is 1. The van der Waals surface area contributed by atoms with Gasteiger partial charge < -0.3 is 0 Å². The molecule has 0 N–H and O–H groups in total. The molecule has 2 aromatic heterocycles. The lowest BCUT2D eigenvalue weighted by Crippen LogP contribution is -1.94. The van der Waals surface area contributed by atoms with E-state index in [-0.39, 0.29) is 0 Å². The van der Waals surface area contributed by atoms with Crippen LogP contribution in [0.3, 0.4) is 0 Å². The van der Waals surface area contributed by atoms with E-state index in [1.807, 2.05) is 12.1 Å². The van der Waals surface area contributed by atoms with Crippen LogP contribution < -0.4 is 0 Å². The summed E-state index contributed by atoms with van der Waals surface area (Å²) in [5.41, 5.74) is 8.80. The fourth-order valence-electron chi connectivity index (χ4n) is 3.71. The average Bonchev–Trinajstić information content (AvgIpc) is 3.21. The highest BCUT2D eigenvalue weighted by molar-refractivity contribution is 7.21. The van der Waals surface area contributed by atoms with E-state index in [4.69, 9.17) is 9.97 Å². The molecule has 0 amide bonds. The van der Waals surface area contributed by atoms with Crippen LogP contribution in [0.4, 0.5) is 0 Å². The largest absolute Gasteiger partial charge is 0.251 e. The highest BCUT2D eigenvalue weighted by Crippen LogP contribution is 2.41. The maximum Gasteiger partial charge on any atom is 0.124 e. The molecular weight excluding hydrogens is 372 g/mol. The number of rotatable bonds is 3. The van der Waals surface area contributed by atoms with Crippen LogP contribution in [0.15, 0.2) is 84.9 Å². The average molecular weight is 393 g/mol. The van der Waals surface area contributed by atoms with Crippen molar-refractivity contribution in [3.63, 3.8) is 0 Å². The highest BCUT2D eigenvalue weighted by atomic mass is 32.1. The van der Waals surface area contributed by atoms with Crippen molar-refractivity contribution in [1.29, 1.82) is 0 Å². The van der Waals surface area contributed by atoms with Crippen LogP contribution in [0.2, 0.25) is 0 Å². The van der Waals surface area contributed by atoms with Crippen LogP contribution >= 0.6 is 11.3 Å². The number of benzene rings is 3. The van der Waals surface area contributed by atoms with Gasteiger partial charge in [-0.05, 0) is 25.5 Å². The molecule has 29 heavy (non-hydrogen) atoms. The maximum absolute atomic E-state index is 5.13. The van der Waals surface area contributed by atoms with Gasteiger partial charge in [0.15, 0.2) is 0 Å². The molecule has 5 rings (SSSR count). The van der Waals surface area contributed by atoms with Gasteiger partial charge in [0.25, 0.3) is 0 Å². The zero-order valence-electron chi connectivity index (χ0n) is 16.4. The Labute approximate surface area is 174 Å². The smallest absolute Gasteiger partial charge is 0.124 e. The predicted molar refractivity (Wildman–Crippen MR) is 123 cm³/mol. The molecule has 0 saturated heterocycles. The second-order valence-corrected chi connectivity index (χ2v) is 8.22. The Morgan fingerprint density at radius 3 is 2.00 bits per heavy atom. The molecule has 0 radical (unpaired) electrons. The lowest BCUT2D eigenvalue weighted by molar-refractivity contribution is 1.24. The van der Waals surface area contributed by atoms with E-state index in [0.717, 1.165) is 48.9 Å². The summed E-state index contributed by atoms with van der Waals surface area (Å²) >= 11 is 1.72. The van der Waals surface area contributed by atoms with Gasteiger partial charge in [-0.3, -0.25) is 4.98 Å². The molecule has 0 aliphatic carbocycles. The molecule has 0 spiro atoms. The van der Waals surface area contributed by atoms with Crippen molar-refractivity contribution in [2.24, 2.45) is 0 Å². The zero-order chi connectivity index (χ0) is 19.8. The van der Waals surface area contributed by atoms with Crippen molar-refractivity contribution in [3.05, 3.63) is 96.2 Å². The van der Waals surface area contributed by atoms with Crippen LogP contribution in [0, 0.1) is 13.8 Å². The lowest BCUT2D eigenvalue weighted by atomic mass is 9.97. The third-order valence-corrected chi connectivity index (χ3v) is 6.30. The summed E-state index contributed by atoms with van der Waals surface area (Å²) in [5.74, 6) is 0. The van der Waals surface area contributed by atoms with Crippen molar-refractivity contribution in [1.82, 2.24) is 9.97 Å². The number of fused-ring (bicyclic) bond motifs is 1. The summed E-state index contributed by atoms with van der Waals surface area (Å²) in [4.78, 5) is 10.2. The van der Waals surface area contributed by atoms with E-state index in [2.05, 4.69) is 86.6 Å². The molecule has 2 nitrogen and oxygen atoms in total. The zero-order valence-corrected chi connectivity index (χ0v) is 17.2. The second-order valence-electron chi connectivity index (χ2n) is 7.22. The van der Waals surface area contributed by atoms with Gasteiger partial charge in [0.1, 0.15) is 5.01 Å². The van der Waals surface area contributed by atoms with Gasteiger partial charge in [0.05, 0.1) is 21.6 Å². The van der Waals surface area contributed by atoms with E-state index >= 15 is 0 Å². The molecule has 2 heterocycles. The molecular formula is C26H20N2S. The molecule has 0 atom stereocenters. The minimum Gasteiger partial charge on any atom is -0.251 e.